The molecule has 0 aliphatic heterocycles. The van der Waals surface area contributed by atoms with Crippen molar-refractivity contribution in [1.29, 1.82) is 10.5 Å². The largest absolute Gasteiger partial charge is 0.372 e. The minimum atomic E-state index is -0.00906. The fourth-order valence-corrected chi connectivity index (χ4v) is 1.33. The van der Waals surface area contributed by atoms with Crippen molar-refractivity contribution in [3.63, 3.8) is 0 Å². The molecule has 0 spiro atoms. The highest BCUT2D eigenvalue weighted by Crippen LogP contribution is 2.05. The predicted molar refractivity (Wildman–Crippen MR) is 69.1 cm³/mol. The summed E-state index contributed by atoms with van der Waals surface area (Å²) < 4.78 is 0. The normalized spacial score (nSPS) is 9.33. The number of nitrogens with one attached hydrogen (secondary N) is 1. The van der Waals surface area contributed by atoms with Gasteiger partial charge in [0.2, 0.25) is 0 Å². The van der Waals surface area contributed by atoms with Gasteiger partial charge >= 0.3 is 0 Å². The second kappa shape index (κ2) is 6.72. The van der Waals surface area contributed by atoms with E-state index in [-0.39, 0.29) is 5.57 Å². The average molecular weight is 239 g/mol. The van der Waals surface area contributed by atoms with Gasteiger partial charge in [-0.2, -0.15) is 15.6 Å². The maximum Gasteiger partial charge on any atom is 0.171 e. The van der Waals surface area contributed by atoms with Gasteiger partial charge in [0.05, 0.1) is 6.21 Å². The van der Waals surface area contributed by atoms with Gasteiger partial charge in [-0.05, 0) is 5.56 Å². The van der Waals surface area contributed by atoms with Crippen molar-refractivity contribution < 1.29 is 0 Å². The SMILES string of the molecule is CNC(=C(C#N)C#N)N(C)N=Cc1ccccc1. The van der Waals surface area contributed by atoms with E-state index < -0.39 is 0 Å². The molecule has 0 aliphatic carbocycles. The van der Waals surface area contributed by atoms with Crippen LogP contribution in [0.15, 0.2) is 46.8 Å². The zero-order valence-electron chi connectivity index (χ0n) is 10.3. The minimum absolute atomic E-state index is 0.00906. The number of nitriles is 2. The van der Waals surface area contributed by atoms with Crippen LogP contribution >= 0.6 is 0 Å². The quantitative estimate of drug-likeness (QED) is 0.490. The molecule has 0 aliphatic rings. The molecule has 0 radical (unpaired) electrons. The summed E-state index contributed by atoms with van der Waals surface area (Å²) >= 11 is 0. The van der Waals surface area contributed by atoms with Crippen LogP contribution in [-0.4, -0.2) is 25.3 Å². The lowest BCUT2D eigenvalue weighted by Crippen LogP contribution is -2.23. The van der Waals surface area contributed by atoms with Gasteiger partial charge in [-0.15, -0.1) is 0 Å². The van der Waals surface area contributed by atoms with Gasteiger partial charge in [0, 0.05) is 14.1 Å². The van der Waals surface area contributed by atoms with Crippen LogP contribution in [0.2, 0.25) is 0 Å². The van der Waals surface area contributed by atoms with Crippen molar-refractivity contribution in [2.24, 2.45) is 5.10 Å². The third-order valence-electron chi connectivity index (χ3n) is 2.20. The number of nitrogens with zero attached hydrogens (tertiary/aromatic N) is 4. The third kappa shape index (κ3) is 3.36. The molecule has 0 heterocycles. The van der Waals surface area contributed by atoms with E-state index in [1.807, 2.05) is 42.5 Å². The molecule has 90 valence electrons. The predicted octanol–water partition coefficient (Wildman–Crippen LogP) is 1.43. The molecule has 1 rings (SSSR count). The van der Waals surface area contributed by atoms with E-state index in [1.54, 1.807) is 20.3 Å². The second-order valence-electron chi connectivity index (χ2n) is 3.38. The van der Waals surface area contributed by atoms with Crippen LogP contribution in [-0.2, 0) is 0 Å². The maximum absolute atomic E-state index is 8.81. The molecule has 5 heteroatoms. The number of allylic oxidation sites excluding steroid dienone is 1. The van der Waals surface area contributed by atoms with Crippen LogP contribution < -0.4 is 5.32 Å². The van der Waals surface area contributed by atoms with E-state index in [0.717, 1.165) is 5.56 Å². The van der Waals surface area contributed by atoms with E-state index in [4.69, 9.17) is 10.5 Å². The van der Waals surface area contributed by atoms with Gasteiger partial charge in [-0.3, -0.25) is 5.01 Å². The Hall–Kier alpha value is -2.79. The minimum Gasteiger partial charge on any atom is -0.372 e. The Bertz CT molecular complexity index is 515. The zero-order valence-corrected chi connectivity index (χ0v) is 10.3. The Morgan fingerprint density at radius 1 is 1.28 bits per heavy atom. The van der Waals surface area contributed by atoms with Crippen molar-refractivity contribution in [2.75, 3.05) is 14.1 Å². The highest BCUT2D eigenvalue weighted by molar-refractivity contribution is 5.79. The summed E-state index contributed by atoms with van der Waals surface area (Å²) in [6, 6.07) is 13.2. The molecular weight excluding hydrogens is 226 g/mol. The van der Waals surface area contributed by atoms with Crippen LogP contribution in [0.4, 0.5) is 0 Å². The molecule has 0 bridgehead atoms. The molecule has 0 fully saturated rings. The lowest BCUT2D eigenvalue weighted by molar-refractivity contribution is 0.417. The average Bonchev–Trinajstić information content (AvgIpc) is 2.43. The summed E-state index contributed by atoms with van der Waals surface area (Å²) in [6.07, 6.45) is 1.66. The molecule has 0 amide bonds. The molecule has 5 nitrogen and oxygen atoms in total. The van der Waals surface area contributed by atoms with Crippen LogP contribution in [0.25, 0.3) is 0 Å². The molecule has 1 N–H and O–H groups in total. The molecule has 1 aromatic carbocycles. The van der Waals surface area contributed by atoms with Gasteiger partial charge in [0.15, 0.2) is 11.4 Å². The van der Waals surface area contributed by atoms with E-state index in [2.05, 4.69) is 10.4 Å². The zero-order chi connectivity index (χ0) is 13.4. The Balaban J connectivity index is 2.92. The first-order chi connectivity index (χ1) is 8.72. The summed E-state index contributed by atoms with van der Waals surface area (Å²) in [6.45, 7) is 0. The van der Waals surface area contributed by atoms with Crippen LogP contribution in [0.5, 0.6) is 0 Å². The van der Waals surface area contributed by atoms with Gasteiger partial charge < -0.3 is 5.32 Å². The fraction of sp³-hybridized carbons (Fsp3) is 0.154. The Morgan fingerprint density at radius 3 is 2.39 bits per heavy atom. The summed E-state index contributed by atoms with van der Waals surface area (Å²) in [5.41, 5.74) is 0.931. The number of hydrogen-bond acceptors (Lipinski definition) is 5. The smallest absolute Gasteiger partial charge is 0.171 e. The second-order valence-corrected chi connectivity index (χ2v) is 3.38. The summed E-state index contributed by atoms with van der Waals surface area (Å²) in [7, 11) is 3.30. The summed E-state index contributed by atoms with van der Waals surface area (Å²) in [5, 5.41) is 26.0. The van der Waals surface area contributed by atoms with Crippen molar-refractivity contribution in [2.45, 2.75) is 0 Å². The van der Waals surface area contributed by atoms with Crippen LogP contribution in [0.3, 0.4) is 0 Å². The highest BCUT2D eigenvalue weighted by atomic mass is 15.5. The lowest BCUT2D eigenvalue weighted by Gasteiger charge is -2.16. The van der Waals surface area contributed by atoms with E-state index >= 15 is 0 Å². The summed E-state index contributed by atoms with van der Waals surface area (Å²) in [4.78, 5) is 0. The topological polar surface area (TPSA) is 75.2 Å². The van der Waals surface area contributed by atoms with Crippen molar-refractivity contribution in [1.82, 2.24) is 10.3 Å². The first-order valence-corrected chi connectivity index (χ1v) is 5.28. The first-order valence-electron chi connectivity index (χ1n) is 5.28. The Kier molecular flexibility index (Phi) is 4.96. The molecule has 0 aromatic heterocycles. The van der Waals surface area contributed by atoms with Gasteiger partial charge in [0.1, 0.15) is 12.1 Å². The number of rotatable bonds is 4. The van der Waals surface area contributed by atoms with Gasteiger partial charge in [-0.25, -0.2) is 0 Å². The third-order valence-corrected chi connectivity index (χ3v) is 2.20. The van der Waals surface area contributed by atoms with Crippen molar-refractivity contribution in [3.8, 4) is 12.1 Å². The van der Waals surface area contributed by atoms with E-state index in [1.165, 1.54) is 5.01 Å². The van der Waals surface area contributed by atoms with Crippen molar-refractivity contribution in [3.05, 3.63) is 47.3 Å². The molecule has 0 atom stereocenters. The number of benzene rings is 1. The van der Waals surface area contributed by atoms with Crippen LogP contribution in [0.1, 0.15) is 5.56 Å². The van der Waals surface area contributed by atoms with Crippen LogP contribution in [0, 0.1) is 22.7 Å². The monoisotopic (exact) mass is 239 g/mol. The standard InChI is InChI=1S/C13H13N5/c1-16-13(12(8-14)9-15)18(2)17-10-11-6-4-3-5-7-11/h3-7,10,16H,1-2H3. The van der Waals surface area contributed by atoms with Crippen molar-refractivity contribution >= 4 is 6.21 Å². The highest BCUT2D eigenvalue weighted by Gasteiger charge is 2.08. The Labute approximate surface area is 106 Å². The summed E-state index contributed by atoms with van der Waals surface area (Å²) in [5.74, 6) is 0.368. The van der Waals surface area contributed by atoms with Gasteiger partial charge in [-0.1, -0.05) is 30.3 Å². The van der Waals surface area contributed by atoms with Gasteiger partial charge in [0.25, 0.3) is 0 Å². The molecular formula is C13H13N5. The maximum atomic E-state index is 8.81. The molecule has 0 saturated heterocycles. The number of hydrogen-bond donors (Lipinski definition) is 1. The Morgan fingerprint density at radius 2 is 1.89 bits per heavy atom. The van der Waals surface area contributed by atoms with E-state index in [0.29, 0.717) is 5.82 Å². The van der Waals surface area contributed by atoms with E-state index in [9.17, 15) is 0 Å². The molecule has 0 saturated carbocycles. The fourth-order valence-electron chi connectivity index (χ4n) is 1.33. The molecule has 1 aromatic rings. The molecule has 0 unspecified atom stereocenters. The lowest BCUT2D eigenvalue weighted by atomic mass is 10.2. The number of hydrazone groups is 1. The molecule has 18 heavy (non-hydrogen) atoms. The first kappa shape index (κ1) is 13.3.